The number of hydrogen-bond donors (Lipinski definition) is 2. The minimum absolute atomic E-state index is 0. The molecule has 8 rings (SSSR count). The zero-order chi connectivity index (χ0) is 30.7. The normalized spacial score (nSPS) is 26.6. The number of thioether (sulfide) groups is 1. The quantitative estimate of drug-likeness (QED) is 0.188. The van der Waals surface area contributed by atoms with Crippen LogP contribution in [0, 0.1) is 16.2 Å². The molecule has 0 amide bonds. The number of piperidine rings is 1. The highest BCUT2D eigenvalue weighted by molar-refractivity contribution is 14.0. The zero-order valence-corrected chi connectivity index (χ0v) is 34.2. The lowest BCUT2D eigenvalue weighted by Gasteiger charge is -2.40. The van der Waals surface area contributed by atoms with Crippen molar-refractivity contribution in [1.82, 2.24) is 15.5 Å². The number of carbonyl (C=O) groups is 2. The average molecular weight is 884 g/mol. The van der Waals surface area contributed by atoms with Crippen LogP contribution < -0.4 is 10.6 Å². The summed E-state index contributed by atoms with van der Waals surface area (Å²) in [7, 11) is 0. The number of Topliss-reactive ketones (excluding diaryl/α,β-unsaturated/α-hetero) is 2. The Labute approximate surface area is 318 Å². The maximum absolute atomic E-state index is 11.2. The summed E-state index contributed by atoms with van der Waals surface area (Å²) in [4.78, 5) is 33.5. The number of nitrogens with zero attached hydrogens (tertiary/aromatic N) is 3. The van der Waals surface area contributed by atoms with E-state index in [1.807, 2.05) is 6.26 Å². The summed E-state index contributed by atoms with van der Waals surface area (Å²) in [6, 6.07) is 0. The molecule has 0 atom stereocenters. The molecule has 10 heteroatoms. The molecule has 0 aromatic heterocycles. The maximum Gasteiger partial charge on any atom is 0.194 e. The predicted molar refractivity (Wildman–Crippen MR) is 215 cm³/mol. The summed E-state index contributed by atoms with van der Waals surface area (Å²) in [6.07, 6.45) is 30.8. The number of hydrogen-bond acceptors (Lipinski definition) is 8. The number of nitrogens with one attached hydrogen (secondary N) is 2. The standard InChI is InChI=1S/C12H21N3.C10H14O2.C10H18.C4H8N2S.2HI/c1-2-4-12(3-1)5-9-15(10-6-12)11-13-7-8-14-11;11-8-5-9(12)7-10(6-8)3-1-2-4-10;1-2-6-10(7-3-1)8-4-5-9-10;1-7-4-5-2-3-6-4;;/h1-10H2,(H,13,14);1-7H2;1-9H2;2-3H2,1H3,(H,5,6);2*1H. The lowest BCUT2D eigenvalue weighted by atomic mass is 9.72. The van der Waals surface area contributed by atoms with Crippen molar-refractivity contribution >= 4 is 82.4 Å². The van der Waals surface area contributed by atoms with Crippen LogP contribution in [0.2, 0.25) is 0 Å². The van der Waals surface area contributed by atoms with Crippen molar-refractivity contribution < 1.29 is 9.59 Å². The van der Waals surface area contributed by atoms with Crippen molar-refractivity contribution in [2.45, 2.75) is 141 Å². The summed E-state index contributed by atoms with van der Waals surface area (Å²) in [6.45, 7) is 6.44. The number of halogens is 2. The molecule has 8 aliphatic rings. The van der Waals surface area contributed by atoms with Gasteiger partial charge in [-0.05, 0) is 86.7 Å². The molecular weight excluding hydrogens is 820 g/mol. The van der Waals surface area contributed by atoms with Gasteiger partial charge in [-0.15, -0.1) is 48.0 Å². The molecule has 2 N–H and O–H groups in total. The second kappa shape index (κ2) is 19.9. The van der Waals surface area contributed by atoms with Gasteiger partial charge in [0.25, 0.3) is 0 Å². The van der Waals surface area contributed by atoms with Crippen molar-refractivity contribution in [3.63, 3.8) is 0 Å². The zero-order valence-electron chi connectivity index (χ0n) is 28.7. The van der Waals surface area contributed by atoms with Crippen molar-refractivity contribution in [2.75, 3.05) is 45.5 Å². The Bertz CT molecular complexity index is 984. The molecule has 5 aliphatic carbocycles. The van der Waals surface area contributed by atoms with Crippen LogP contribution >= 0.6 is 59.7 Å². The van der Waals surface area contributed by atoms with Crippen molar-refractivity contribution in [3.8, 4) is 0 Å². The molecule has 46 heavy (non-hydrogen) atoms. The number of aliphatic imine (C=N–C) groups is 2. The minimum Gasteiger partial charge on any atom is -0.363 e. The number of likely N-dealkylation sites (tertiary alicyclic amines) is 1. The fourth-order valence-electron chi connectivity index (χ4n) is 9.58. The third-order valence-corrected chi connectivity index (χ3v) is 12.7. The van der Waals surface area contributed by atoms with E-state index in [0.717, 1.165) is 55.0 Å². The van der Waals surface area contributed by atoms with Crippen LogP contribution in [0.25, 0.3) is 0 Å². The first-order chi connectivity index (χ1) is 21.4. The number of guanidine groups is 1. The molecule has 3 spiro atoms. The Morgan fingerprint density at radius 3 is 1.43 bits per heavy atom. The average Bonchev–Trinajstić information content (AvgIpc) is 3.88. The van der Waals surface area contributed by atoms with Gasteiger partial charge in [-0.1, -0.05) is 69.5 Å². The van der Waals surface area contributed by atoms with Crippen molar-refractivity contribution in [2.24, 2.45) is 26.2 Å². The van der Waals surface area contributed by atoms with E-state index in [0.29, 0.717) is 12.8 Å². The van der Waals surface area contributed by atoms with E-state index in [1.165, 1.54) is 103 Å². The van der Waals surface area contributed by atoms with Gasteiger partial charge in [0.1, 0.15) is 11.6 Å². The molecule has 0 aromatic rings. The van der Waals surface area contributed by atoms with Gasteiger partial charge >= 0.3 is 0 Å². The molecule has 0 aromatic carbocycles. The smallest absolute Gasteiger partial charge is 0.194 e. The third kappa shape index (κ3) is 11.8. The molecule has 3 aliphatic heterocycles. The van der Waals surface area contributed by atoms with E-state index >= 15 is 0 Å². The summed E-state index contributed by atoms with van der Waals surface area (Å²) < 4.78 is 0. The first-order valence-electron chi connectivity index (χ1n) is 18.3. The molecular formula is C36H63I2N5O2S. The topological polar surface area (TPSA) is 86.2 Å². The largest absolute Gasteiger partial charge is 0.363 e. The first kappa shape index (κ1) is 40.3. The highest BCUT2D eigenvalue weighted by Crippen LogP contribution is 2.49. The second-order valence-electron chi connectivity index (χ2n) is 15.2. The third-order valence-electron chi connectivity index (χ3n) is 12.1. The van der Waals surface area contributed by atoms with Crippen LogP contribution in [-0.4, -0.2) is 73.1 Å². The monoisotopic (exact) mass is 883 g/mol. The van der Waals surface area contributed by atoms with Gasteiger partial charge in [-0.3, -0.25) is 19.6 Å². The van der Waals surface area contributed by atoms with E-state index in [9.17, 15) is 9.59 Å². The van der Waals surface area contributed by atoms with Crippen molar-refractivity contribution in [3.05, 3.63) is 0 Å². The molecule has 1 saturated heterocycles. The van der Waals surface area contributed by atoms with Gasteiger partial charge in [0.2, 0.25) is 0 Å². The van der Waals surface area contributed by atoms with Crippen LogP contribution in [-0.2, 0) is 9.59 Å². The predicted octanol–water partition coefficient (Wildman–Crippen LogP) is 8.53. The summed E-state index contributed by atoms with van der Waals surface area (Å²) >= 11 is 1.67. The summed E-state index contributed by atoms with van der Waals surface area (Å²) in [5.74, 6) is 1.52. The van der Waals surface area contributed by atoms with E-state index in [1.54, 1.807) is 37.4 Å². The maximum atomic E-state index is 11.2. The Balaban J connectivity index is 0.000000170. The fourth-order valence-corrected chi connectivity index (χ4v) is 10.0. The Morgan fingerprint density at radius 2 is 1.02 bits per heavy atom. The summed E-state index contributed by atoms with van der Waals surface area (Å²) in [5.41, 5.74) is 1.72. The molecule has 3 heterocycles. The Kier molecular flexibility index (Phi) is 17.5. The van der Waals surface area contributed by atoms with Crippen molar-refractivity contribution in [1.29, 1.82) is 0 Å². The second-order valence-corrected chi connectivity index (χ2v) is 16.0. The Hall–Kier alpha value is -0.110. The number of carbonyl (C=O) groups excluding carboxylic acids is 2. The fraction of sp³-hybridized carbons (Fsp3) is 0.889. The molecule has 0 radical (unpaired) electrons. The minimum atomic E-state index is 0. The van der Waals surface area contributed by atoms with Gasteiger partial charge < -0.3 is 15.5 Å². The Morgan fingerprint density at radius 1 is 0.587 bits per heavy atom. The molecule has 6 fully saturated rings. The molecule has 7 nitrogen and oxygen atoms in total. The number of rotatable bonds is 0. The van der Waals surface area contributed by atoms with Crippen LogP contribution in [0.1, 0.15) is 141 Å². The van der Waals surface area contributed by atoms with E-state index in [2.05, 4.69) is 25.5 Å². The molecule has 0 bridgehead atoms. The van der Waals surface area contributed by atoms with Gasteiger partial charge in [0.05, 0.1) is 19.5 Å². The van der Waals surface area contributed by atoms with E-state index in [4.69, 9.17) is 0 Å². The molecule has 264 valence electrons. The SMILES string of the molecule is C1CCC2(C1)CCN(C1=NCCN1)CC2.C1CCC2(CC1)CCCC2.CSC1=NCCN1.I.I.O=C1CC(=O)CC2(CCCC2)C1. The van der Waals surface area contributed by atoms with Crippen LogP contribution in [0.3, 0.4) is 0 Å². The van der Waals surface area contributed by atoms with Gasteiger partial charge in [-0.2, -0.15) is 0 Å². The highest BCUT2D eigenvalue weighted by atomic mass is 127. The van der Waals surface area contributed by atoms with Gasteiger partial charge in [0.15, 0.2) is 11.1 Å². The van der Waals surface area contributed by atoms with E-state index < -0.39 is 0 Å². The molecule has 0 unspecified atom stereocenters. The lowest BCUT2D eigenvalue weighted by molar-refractivity contribution is -0.134. The van der Waals surface area contributed by atoms with Crippen LogP contribution in [0.5, 0.6) is 0 Å². The summed E-state index contributed by atoms with van der Waals surface area (Å²) in [5, 5.41) is 7.58. The number of ketones is 2. The highest BCUT2D eigenvalue weighted by Gasteiger charge is 2.41. The molecule has 5 saturated carbocycles. The van der Waals surface area contributed by atoms with E-state index in [-0.39, 0.29) is 71.4 Å². The van der Waals surface area contributed by atoms with Gasteiger partial charge in [0, 0.05) is 39.0 Å². The first-order valence-corrected chi connectivity index (χ1v) is 19.5. The van der Waals surface area contributed by atoms with Crippen LogP contribution in [0.4, 0.5) is 0 Å². The van der Waals surface area contributed by atoms with Gasteiger partial charge in [-0.25, -0.2) is 0 Å². The van der Waals surface area contributed by atoms with Crippen LogP contribution in [0.15, 0.2) is 9.98 Å². The lowest BCUT2D eigenvalue weighted by Crippen LogP contribution is -2.46. The number of amidine groups is 1.